The minimum atomic E-state index is -1.60. The van der Waals surface area contributed by atoms with Crippen LogP contribution in [-0.4, -0.2) is 75.8 Å². The lowest BCUT2D eigenvalue weighted by molar-refractivity contribution is -0.145. The third kappa shape index (κ3) is 9.11. The molecule has 0 saturated carbocycles. The lowest BCUT2D eigenvalue weighted by Crippen LogP contribution is -2.59. The van der Waals surface area contributed by atoms with Crippen LogP contribution in [-0.2, 0) is 24.0 Å². The van der Waals surface area contributed by atoms with Gasteiger partial charge in [-0.1, -0.05) is 13.8 Å². The summed E-state index contributed by atoms with van der Waals surface area (Å²) in [6, 6.07) is -5.25. The van der Waals surface area contributed by atoms with Gasteiger partial charge in [0.05, 0.1) is 18.6 Å². The predicted molar refractivity (Wildman–Crippen MR) is 106 cm³/mol. The zero-order valence-electron chi connectivity index (χ0n) is 16.4. The van der Waals surface area contributed by atoms with Crippen molar-refractivity contribution in [2.24, 2.45) is 17.4 Å². The monoisotopic (exact) mass is 435 g/mol. The van der Waals surface area contributed by atoms with Crippen LogP contribution in [0.4, 0.5) is 0 Å². The van der Waals surface area contributed by atoms with Crippen LogP contribution in [0.1, 0.15) is 27.2 Å². The highest BCUT2D eigenvalue weighted by Gasteiger charge is 2.32. The fraction of sp³-hybridized carbons (Fsp3) is 0.688. The Bertz CT molecular complexity index is 629. The number of carboxylic acid groups (broad SMARTS) is 1. The topological polar surface area (TPSA) is 214 Å². The Morgan fingerprint density at radius 2 is 1.41 bits per heavy atom. The van der Waals surface area contributed by atoms with E-state index in [0.717, 1.165) is 0 Å². The second-order valence-corrected chi connectivity index (χ2v) is 7.18. The van der Waals surface area contributed by atoms with Crippen LogP contribution >= 0.6 is 12.6 Å². The fourth-order valence-electron chi connectivity index (χ4n) is 2.09. The van der Waals surface area contributed by atoms with Gasteiger partial charge in [0.25, 0.3) is 0 Å². The van der Waals surface area contributed by atoms with Crippen molar-refractivity contribution in [3.05, 3.63) is 0 Å². The van der Waals surface area contributed by atoms with E-state index in [4.69, 9.17) is 16.6 Å². The standard InChI is InChI=1S/C16H29N5O7S/c1-6(2)11(18)15(26)19-8(4-10(17)23)13(24)20-9(5-29)14(25)21-12(7(3)22)16(27)28/h6-9,11-12,22,29H,4-5,18H2,1-3H3,(H2,17,23)(H,19,26)(H,20,24)(H,21,25)(H,27,28). The van der Waals surface area contributed by atoms with Gasteiger partial charge in [0.15, 0.2) is 6.04 Å². The largest absolute Gasteiger partial charge is 0.480 e. The highest BCUT2D eigenvalue weighted by Crippen LogP contribution is 2.02. The Labute approximate surface area is 173 Å². The van der Waals surface area contributed by atoms with Crippen LogP contribution in [0.15, 0.2) is 0 Å². The Balaban J connectivity index is 5.27. The first kappa shape index (κ1) is 26.6. The van der Waals surface area contributed by atoms with Crippen LogP contribution in [0.5, 0.6) is 0 Å². The summed E-state index contributed by atoms with van der Waals surface area (Å²) in [5.41, 5.74) is 10.8. The lowest BCUT2D eigenvalue weighted by atomic mass is 10.0. The second kappa shape index (κ2) is 12.2. The summed E-state index contributed by atoms with van der Waals surface area (Å²) < 4.78 is 0. The molecule has 0 heterocycles. The molecule has 0 radical (unpaired) electrons. The molecule has 0 bridgehead atoms. The van der Waals surface area contributed by atoms with E-state index >= 15 is 0 Å². The highest BCUT2D eigenvalue weighted by atomic mass is 32.1. The van der Waals surface area contributed by atoms with Crippen LogP contribution in [0.3, 0.4) is 0 Å². The minimum Gasteiger partial charge on any atom is -0.480 e. The Kier molecular flexibility index (Phi) is 11.2. The van der Waals surface area contributed by atoms with Crippen molar-refractivity contribution in [2.75, 3.05) is 5.75 Å². The Morgan fingerprint density at radius 3 is 1.79 bits per heavy atom. The number of nitrogens with one attached hydrogen (secondary N) is 3. The molecule has 0 rings (SSSR count). The van der Waals surface area contributed by atoms with Crippen LogP contribution in [0.2, 0.25) is 0 Å². The summed E-state index contributed by atoms with van der Waals surface area (Å²) in [5, 5.41) is 25.1. The SMILES string of the molecule is CC(C)C(N)C(=O)NC(CC(N)=O)C(=O)NC(CS)C(=O)NC(C(=O)O)C(C)O. The van der Waals surface area contributed by atoms with Crippen molar-refractivity contribution in [3.63, 3.8) is 0 Å². The summed E-state index contributed by atoms with van der Waals surface area (Å²) in [4.78, 5) is 59.2. The number of aliphatic carboxylic acids is 1. The molecule has 5 unspecified atom stereocenters. The van der Waals surface area contributed by atoms with Crippen molar-refractivity contribution in [1.29, 1.82) is 0 Å². The van der Waals surface area contributed by atoms with Crippen molar-refractivity contribution in [3.8, 4) is 0 Å². The number of aliphatic hydroxyl groups is 1. The Hall–Kier alpha value is -2.38. The molecule has 0 aromatic rings. The summed E-state index contributed by atoms with van der Waals surface area (Å²) in [6.07, 6.45) is -1.94. The van der Waals surface area contributed by atoms with E-state index in [2.05, 4.69) is 28.6 Å². The molecule has 4 amide bonds. The molecule has 0 aliphatic rings. The van der Waals surface area contributed by atoms with Gasteiger partial charge in [-0.25, -0.2) is 4.79 Å². The van der Waals surface area contributed by atoms with Crippen molar-refractivity contribution >= 4 is 42.2 Å². The average Bonchev–Trinajstić information content (AvgIpc) is 2.61. The van der Waals surface area contributed by atoms with E-state index in [1.165, 1.54) is 6.92 Å². The zero-order valence-corrected chi connectivity index (χ0v) is 17.3. The normalized spacial score (nSPS) is 16.1. The molecular weight excluding hydrogens is 406 g/mol. The van der Waals surface area contributed by atoms with E-state index in [1.807, 2.05) is 0 Å². The number of primary amides is 1. The Morgan fingerprint density at radius 1 is 0.931 bits per heavy atom. The number of nitrogens with two attached hydrogens (primary N) is 2. The van der Waals surface area contributed by atoms with Gasteiger partial charge < -0.3 is 37.6 Å². The van der Waals surface area contributed by atoms with E-state index in [0.29, 0.717) is 0 Å². The molecule has 166 valence electrons. The van der Waals surface area contributed by atoms with Crippen LogP contribution in [0, 0.1) is 5.92 Å². The summed E-state index contributed by atoms with van der Waals surface area (Å²) >= 11 is 3.94. The molecule has 0 fully saturated rings. The van der Waals surface area contributed by atoms with E-state index < -0.39 is 66.3 Å². The number of aliphatic hydroxyl groups excluding tert-OH is 1. The maximum atomic E-state index is 12.5. The highest BCUT2D eigenvalue weighted by molar-refractivity contribution is 7.80. The van der Waals surface area contributed by atoms with E-state index in [9.17, 15) is 29.1 Å². The number of amides is 4. The lowest BCUT2D eigenvalue weighted by Gasteiger charge is -2.25. The molecule has 0 aromatic heterocycles. The van der Waals surface area contributed by atoms with Crippen molar-refractivity contribution in [2.45, 2.75) is 57.5 Å². The van der Waals surface area contributed by atoms with Crippen molar-refractivity contribution in [1.82, 2.24) is 16.0 Å². The maximum absolute atomic E-state index is 12.5. The zero-order chi connectivity index (χ0) is 22.9. The van der Waals surface area contributed by atoms with Gasteiger partial charge in [-0.3, -0.25) is 19.2 Å². The van der Waals surface area contributed by atoms with E-state index in [-0.39, 0.29) is 11.7 Å². The van der Waals surface area contributed by atoms with Crippen molar-refractivity contribution < 1.29 is 34.2 Å². The third-order valence-electron chi connectivity index (χ3n) is 3.92. The molecule has 9 N–H and O–H groups in total. The van der Waals surface area contributed by atoms with Gasteiger partial charge in [0.2, 0.25) is 23.6 Å². The molecule has 12 nitrogen and oxygen atoms in total. The number of rotatable bonds is 12. The molecule has 0 saturated heterocycles. The molecule has 0 spiro atoms. The maximum Gasteiger partial charge on any atom is 0.328 e. The van der Waals surface area contributed by atoms with Gasteiger partial charge in [-0.05, 0) is 12.8 Å². The van der Waals surface area contributed by atoms with Gasteiger partial charge in [0.1, 0.15) is 12.1 Å². The first-order chi connectivity index (χ1) is 13.3. The molecule has 5 atom stereocenters. The number of carbonyl (C=O) groups excluding carboxylic acids is 4. The average molecular weight is 436 g/mol. The number of carbonyl (C=O) groups is 5. The van der Waals surface area contributed by atoms with Gasteiger partial charge in [0, 0.05) is 5.75 Å². The quantitative estimate of drug-likeness (QED) is 0.145. The first-order valence-electron chi connectivity index (χ1n) is 8.78. The molecule has 0 aromatic carbocycles. The van der Waals surface area contributed by atoms with Gasteiger partial charge in [-0.15, -0.1) is 0 Å². The van der Waals surface area contributed by atoms with Gasteiger partial charge in [-0.2, -0.15) is 12.6 Å². The van der Waals surface area contributed by atoms with Gasteiger partial charge >= 0.3 is 5.97 Å². The molecule has 29 heavy (non-hydrogen) atoms. The predicted octanol–water partition coefficient (Wildman–Crippen LogP) is -3.31. The number of hydrogen-bond donors (Lipinski definition) is 8. The molecular formula is C16H29N5O7S. The summed E-state index contributed by atoms with van der Waals surface area (Å²) in [7, 11) is 0. The van der Waals surface area contributed by atoms with Crippen LogP contribution in [0.25, 0.3) is 0 Å². The number of thiol groups is 1. The summed E-state index contributed by atoms with van der Waals surface area (Å²) in [6.45, 7) is 4.55. The minimum absolute atomic E-state index is 0.230. The second-order valence-electron chi connectivity index (χ2n) is 6.81. The van der Waals surface area contributed by atoms with E-state index in [1.54, 1.807) is 13.8 Å². The first-order valence-corrected chi connectivity index (χ1v) is 9.41. The third-order valence-corrected chi connectivity index (χ3v) is 4.29. The van der Waals surface area contributed by atoms with Crippen LogP contribution < -0.4 is 27.4 Å². The number of carboxylic acids is 1. The molecule has 13 heteroatoms. The molecule has 0 aliphatic heterocycles. The number of hydrogen-bond acceptors (Lipinski definition) is 8. The fourth-order valence-corrected chi connectivity index (χ4v) is 2.35. The summed E-state index contributed by atoms with van der Waals surface area (Å²) in [5.74, 6) is -5.34. The molecule has 0 aliphatic carbocycles. The smallest absolute Gasteiger partial charge is 0.328 e.